The zero-order chi connectivity index (χ0) is 19.9. The molecule has 4 nitrogen and oxygen atoms in total. The van der Waals surface area contributed by atoms with E-state index in [4.69, 9.17) is 27.9 Å². The van der Waals surface area contributed by atoms with Crippen LogP contribution in [-0.4, -0.2) is 12.5 Å². The minimum Gasteiger partial charge on any atom is -0.483 e. The van der Waals surface area contributed by atoms with Crippen molar-refractivity contribution in [1.82, 2.24) is 0 Å². The number of carbonyl (C=O) groups excluding carboxylic acids is 1. The maximum absolute atomic E-state index is 12.0. The minimum absolute atomic E-state index is 0.0988. The molecule has 28 heavy (non-hydrogen) atoms. The van der Waals surface area contributed by atoms with E-state index in [1.165, 1.54) is 0 Å². The van der Waals surface area contributed by atoms with Gasteiger partial charge >= 0.3 is 0 Å². The molecule has 0 heterocycles. The maximum Gasteiger partial charge on any atom is 0.262 e. The molecule has 0 fully saturated rings. The lowest BCUT2D eigenvalue weighted by atomic mass is 10.2. The Kier molecular flexibility index (Phi) is 7.20. The van der Waals surface area contributed by atoms with Gasteiger partial charge in [0.15, 0.2) is 6.61 Å². The molecule has 1 amide bonds. The van der Waals surface area contributed by atoms with Crippen LogP contribution in [0.25, 0.3) is 0 Å². The molecule has 0 aromatic heterocycles. The summed E-state index contributed by atoms with van der Waals surface area (Å²) < 4.78 is 6.37. The Bertz CT molecular complexity index is 965. The predicted octanol–water partition coefficient (Wildman–Crippen LogP) is 6.39. The van der Waals surface area contributed by atoms with Crippen molar-refractivity contribution in [1.29, 1.82) is 0 Å². The van der Waals surface area contributed by atoms with E-state index >= 15 is 0 Å². The SMILES string of the molecule is O=C(COc1ccc(CNc2ccccc2Cl)cc1Br)Nc1ccc(Cl)cc1. The van der Waals surface area contributed by atoms with Crippen LogP contribution in [-0.2, 0) is 11.3 Å². The van der Waals surface area contributed by atoms with E-state index in [2.05, 4.69) is 26.6 Å². The molecule has 3 rings (SSSR count). The highest BCUT2D eigenvalue weighted by atomic mass is 79.9. The largest absolute Gasteiger partial charge is 0.483 e. The molecule has 3 aromatic rings. The van der Waals surface area contributed by atoms with E-state index in [1.54, 1.807) is 24.3 Å². The quantitative estimate of drug-likeness (QED) is 0.413. The molecule has 0 saturated heterocycles. The van der Waals surface area contributed by atoms with Crippen molar-refractivity contribution in [3.63, 3.8) is 0 Å². The fraction of sp³-hybridized carbons (Fsp3) is 0.0952. The first-order valence-electron chi connectivity index (χ1n) is 8.46. The number of hydrogen-bond acceptors (Lipinski definition) is 3. The van der Waals surface area contributed by atoms with Crippen molar-refractivity contribution < 1.29 is 9.53 Å². The van der Waals surface area contributed by atoms with Gasteiger partial charge in [-0.05, 0) is 70.0 Å². The van der Waals surface area contributed by atoms with Crippen molar-refractivity contribution in [2.45, 2.75) is 6.54 Å². The third-order valence-electron chi connectivity index (χ3n) is 3.84. The minimum atomic E-state index is -0.251. The normalized spacial score (nSPS) is 10.4. The van der Waals surface area contributed by atoms with Gasteiger partial charge in [0.2, 0.25) is 0 Å². The van der Waals surface area contributed by atoms with Crippen LogP contribution in [0.5, 0.6) is 5.75 Å². The third-order valence-corrected chi connectivity index (χ3v) is 5.04. The lowest BCUT2D eigenvalue weighted by molar-refractivity contribution is -0.118. The summed E-state index contributed by atoms with van der Waals surface area (Å²) in [5.41, 5.74) is 2.59. The van der Waals surface area contributed by atoms with Crippen LogP contribution in [0.2, 0.25) is 10.0 Å². The molecule has 0 aliphatic heterocycles. The first-order valence-corrected chi connectivity index (χ1v) is 10.0. The lowest BCUT2D eigenvalue weighted by Gasteiger charge is -2.12. The molecular formula is C21H17BrCl2N2O2. The number of hydrogen-bond donors (Lipinski definition) is 2. The first kappa shape index (κ1) is 20.5. The maximum atomic E-state index is 12.0. The smallest absolute Gasteiger partial charge is 0.262 e. The van der Waals surface area contributed by atoms with Crippen molar-refractivity contribution in [2.75, 3.05) is 17.2 Å². The average molecular weight is 480 g/mol. The van der Waals surface area contributed by atoms with Crippen LogP contribution in [0.3, 0.4) is 0 Å². The summed E-state index contributed by atoms with van der Waals surface area (Å²) in [6.45, 7) is 0.512. The van der Waals surface area contributed by atoms with Gasteiger partial charge in [0.05, 0.1) is 15.2 Å². The molecule has 0 aliphatic carbocycles. The van der Waals surface area contributed by atoms with Gasteiger partial charge in [-0.1, -0.05) is 41.4 Å². The number of carbonyl (C=O) groups is 1. The molecule has 7 heteroatoms. The summed E-state index contributed by atoms with van der Waals surface area (Å²) in [4.78, 5) is 12.0. The van der Waals surface area contributed by atoms with Gasteiger partial charge in [-0.15, -0.1) is 0 Å². The number of nitrogens with one attached hydrogen (secondary N) is 2. The van der Waals surface area contributed by atoms with E-state index < -0.39 is 0 Å². The van der Waals surface area contributed by atoms with Crippen LogP contribution in [0, 0.1) is 0 Å². The summed E-state index contributed by atoms with van der Waals surface area (Å²) in [5.74, 6) is 0.339. The number of anilines is 2. The Balaban J connectivity index is 1.53. The number of para-hydroxylation sites is 1. The highest BCUT2D eigenvalue weighted by Crippen LogP contribution is 2.27. The fourth-order valence-corrected chi connectivity index (χ4v) is 3.32. The monoisotopic (exact) mass is 478 g/mol. The lowest BCUT2D eigenvalue weighted by Crippen LogP contribution is -2.20. The zero-order valence-corrected chi connectivity index (χ0v) is 17.8. The van der Waals surface area contributed by atoms with Gasteiger partial charge in [-0.25, -0.2) is 0 Å². The standard InChI is InChI=1S/C21H17BrCl2N2O2/c22-17-11-14(12-25-19-4-2-1-3-18(19)24)5-10-20(17)28-13-21(27)26-16-8-6-15(23)7-9-16/h1-11,25H,12-13H2,(H,26,27). The fourth-order valence-electron chi connectivity index (χ4n) is 2.45. The molecule has 0 aliphatic rings. The van der Waals surface area contributed by atoms with Crippen LogP contribution in [0.4, 0.5) is 11.4 Å². The van der Waals surface area contributed by atoms with Crippen LogP contribution in [0.1, 0.15) is 5.56 Å². The Labute approximate surface area is 181 Å². The number of rotatable bonds is 7. The topological polar surface area (TPSA) is 50.4 Å². The van der Waals surface area contributed by atoms with Crippen LogP contribution >= 0.6 is 39.1 Å². The summed E-state index contributed by atoms with van der Waals surface area (Å²) in [5, 5.41) is 7.33. The highest BCUT2D eigenvalue weighted by molar-refractivity contribution is 9.10. The first-order chi connectivity index (χ1) is 13.5. The van der Waals surface area contributed by atoms with Gasteiger partial charge in [-0.3, -0.25) is 4.79 Å². The molecule has 0 spiro atoms. The van der Waals surface area contributed by atoms with E-state index in [0.717, 1.165) is 15.7 Å². The molecule has 2 N–H and O–H groups in total. The second-order valence-electron chi connectivity index (χ2n) is 5.94. The van der Waals surface area contributed by atoms with Crippen LogP contribution < -0.4 is 15.4 Å². The van der Waals surface area contributed by atoms with E-state index in [0.29, 0.717) is 28.0 Å². The van der Waals surface area contributed by atoms with E-state index in [-0.39, 0.29) is 12.5 Å². The van der Waals surface area contributed by atoms with Gasteiger partial charge in [0, 0.05) is 17.3 Å². The van der Waals surface area contributed by atoms with Crippen molar-refractivity contribution >= 4 is 56.4 Å². The summed E-state index contributed by atoms with van der Waals surface area (Å²) in [6, 6.07) is 20.2. The van der Waals surface area contributed by atoms with E-state index in [1.807, 2.05) is 42.5 Å². The molecule has 3 aromatic carbocycles. The summed E-state index contributed by atoms with van der Waals surface area (Å²) in [7, 11) is 0. The Morgan fingerprint density at radius 1 is 1.00 bits per heavy atom. The van der Waals surface area contributed by atoms with Crippen molar-refractivity contribution in [3.05, 3.63) is 86.8 Å². The second-order valence-corrected chi connectivity index (χ2v) is 7.64. The zero-order valence-electron chi connectivity index (χ0n) is 14.7. The molecule has 144 valence electrons. The number of ether oxygens (including phenoxy) is 1. The summed E-state index contributed by atoms with van der Waals surface area (Å²) >= 11 is 15.5. The number of halogens is 3. The number of amides is 1. The molecule has 0 radical (unpaired) electrons. The molecular weight excluding hydrogens is 463 g/mol. The van der Waals surface area contributed by atoms with Crippen LogP contribution in [0.15, 0.2) is 71.2 Å². The van der Waals surface area contributed by atoms with E-state index in [9.17, 15) is 4.79 Å². The third kappa shape index (κ3) is 5.89. The Morgan fingerprint density at radius 3 is 2.46 bits per heavy atom. The Morgan fingerprint density at radius 2 is 1.75 bits per heavy atom. The van der Waals surface area contributed by atoms with Gasteiger partial charge < -0.3 is 15.4 Å². The molecule has 0 unspecified atom stereocenters. The van der Waals surface area contributed by atoms with Gasteiger partial charge in [-0.2, -0.15) is 0 Å². The molecule has 0 atom stereocenters. The predicted molar refractivity (Wildman–Crippen MR) is 118 cm³/mol. The molecule has 0 bridgehead atoms. The van der Waals surface area contributed by atoms with Crippen molar-refractivity contribution in [2.24, 2.45) is 0 Å². The van der Waals surface area contributed by atoms with Gasteiger partial charge in [0.25, 0.3) is 5.91 Å². The number of benzene rings is 3. The average Bonchev–Trinajstić information content (AvgIpc) is 2.68. The highest BCUT2D eigenvalue weighted by Gasteiger charge is 2.08. The Hall–Kier alpha value is -2.21. The molecule has 0 saturated carbocycles. The summed E-state index contributed by atoms with van der Waals surface area (Å²) in [6.07, 6.45) is 0. The van der Waals surface area contributed by atoms with Crippen molar-refractivity contribution in [3.8, 4) is 5.75 Å². The second kappa shape index (κ2) is 9.82. The van der Waals surface area contributed by atoms with Gasteiger partial charge in [0.1, 0.15) is 5.75 Å².